The van der Waals surface area contributed by atoms with E-state index < -0.39 is 22.8 Å². The maximum absolute atomic E-state index is 12.2. The smallest absolute Gasteiger partial charge is 0.422 e. The van der Waals surface area contributed by atoms with Crippen LogP contribution in [0.5, 0.6) is 5.88 Å². The third-order valence-electron chi connectivity index (χ3n) is 2.83. The standard InChI is InChI=1S/C14H12ClF3N2O3S/c1-9-2-4-11(6-12(9)15)24(21,22)20-10-3-5-13(19-7-10)23-8-14(16,17)18/h2-7,20H,8H2,1H3. The Morgan fingerprint density at radius 2 is 1.96 bits per heavy atom. The van der Waals surface area contributed by atoms with Crippen molar-refractivity contribution in [3.8, 4) is 5.88 Å². The zero-order chi connectivity index (χ0) is 18.0. The van der Waals surface area contributed by atoms with Crippen LogP contribution in [0.2, 0.25) is 5.02 Å². The van der Waals surface area contributed by atoms with Gasteiger partial charge in [0.1, 0.15) is 0 Å². The van der Waals surface area contributed by atoms with E-state index >= 15 is 0 Å². The molecular weight excluding hydrogens is 369 g/mol. The maximum Gasteiger partial charge on any atom is 0.422 e. The summed E-state index contributed by atoms with van der Waals surface area (Å²) in [7, 11) is -3.90. The fourth-order valence-corrected chi connectivity index (χ4v) is 2.95. The molecule has 0 amide bonds. The van der Waals surface area contributed by atoms with Crippen molar-refractivity contribution in [1.82, 2.24) is 4.98 Å². The van der Waals surface area contributed by atoms with E-state index in [1.54, 1.807) is 13.0 Å². The summed E-state index contributed by atoms with van der Waals surface area (Å²) in [4.78, 5) is 3.57. The second kappa shape index (κ2) is 6.86. The Kier molecular flexibility index (Phi) is 5.24. The second-order valence-electron chi connectivity index (χ2n) is 4.81. The number of pyridine rings is 1. The number of hydrogen-bond acceptors (Lipinski definition) is 4. The van der Waals surface area contributed by atoms with Gasteiger partial charge in [-0.3, -0.25) is 4.72 Å². The van der Waals surface area contributed by atoms with E-state index in [1.807, 2.05) is 0 Å². The van der Waals surface area contributed by atoms with Gasteiger partial charge < -0.3 is 4.74 Å². The number of alkyl halides is 3. The molecule has 0 aliphatic rings. The predicted octanol–water partition coefficient (Wildman–Crippen LogP) is 3.79. The monoisotopic (exact) mass is 380 g/mol. The van der Waals surface area contributed by atoms with Crippen LogP contribution < -0.4 is 9.46 Å². The molecule has 24 heavy (non-hydrogen) atoms. The van der Waals surface area contributed by atoms with Crippen LogP contribution in [-0.4, -0.2) is 26.2 Å². The molecule has 2 aromatic rings. The largest absolute Gasteiger partial charge is 0.468 e. The average Bonchev–Trinajstić information content (AvgIpc) is 2.48. The number of aryl methyl sites for hydroxylation is 1. The Morgan fingerprint density at radius 1 is 1.25 bits per heavy atom. The summed E-state index contributed by atoms with van der Waals surface area (Å²) in [6.07, 6.45) is -3.42. The minimum atomic E-state index is -4.48. The highest BCUT2D eigenvalue weighted by atomic mass is 35.5. The number of benzene rings is 1. The van der Waals surface area contributed by atoms with Crippen molar-refractivity contribution in [2.45, 2.75) is 18.0 Å². The first-order chi connectivity index (χ1) is 11.1. The van der Waals surface area contributed by atoms with Crippen molar-refractivity contribution in [2.24, 2.45) is 0 Å². The van der Waals surface area contributed by atoms with Crippen LogP contribution in [0.3, 0.4) is 0 Å². The first-order valence-corrected chi connectivity index (χ1v) is 8.37. The van der Waals surface area contributed by atoms with Crippen LogP contribution in [0.25, 0.3) is 0 Å². The van der Waals surface area contributed by atoms with E-state index in [2.05, 4.69) is 14.4 Å². The maximum atomic E-state index is 12.2. The summed E-state index contributed by atoms with van der Waals surface area (Å²) >= 11 is 5.90. The number of rotatable bonds is 5. The Hall–Kier alpha value is -2.00. The molecule has 0 bridgehead atoms. The lowest BCUT2D eigenvalue weighted by Crippen LogP contribution is -2.19. The number of nitrogens with zero attached hydrogens (tertiary/aromatic N) is 1. The number of halogens is 4. The molecule has 0 saturated carbocycles. The molecule has 0 fully saturated rings. The molecule has 1 heterocycles. The zero-order valence-corrected chi connectivity index (χ0v) is 13.8. The van der Waals surface area contributed by atoms with Gasteiger partial charge in [0.2, 0.25) is 5.88 Å². The van der Waals surface area contributed by atoms with Gasteiger partial charge in [-0.05, 0) is 30.7 Å². The van der Waals surface area contributed by atoms with Gasteiger partial charge in [-0.1, -0.05) is 17.7 Å². The van der Waals surface area contributed by atoms with Crippen molar-refractivity contribution >= 4 is 27.3 Å². The van der Waals surface area contributed by atoms with Gasteiger partial charge in [0.05, 0.1) is 16.8 Å². The summed E-state index contributed by atoms with van der Waals surface area (Å²) in [6, 6.07) is 6.62. The van der Waals surface area contributed by atoms with Crippen LogP contribution in [0, 0.1) is 6.92 Å². The van der Waals surface area contributed by atoms with Crippen LogP contribution in [0.4, 0.5) is 18.9 Å². The van der Waals surface area contributed by atoms with Crippen molar-refractivity contribution < 1.29 is 26.3 Å². The molecule has 0 saturated heterocycles. The molecule has 1 aromatic heterocycles. The van der Waals surface area contributed by atoms with Crippen LogP contribution in [-0.2, 0) is 10.0 Å². The molecule has 0 atom stereocenters. The summed E-state index contributed by atoms with van der Waals surface area (Å²) in [5, 5.41) is 0.298. The van der Waals surface area contributed by atoms with E-state index in [-0.39, 0.29) is 16.5 Å². The summed E-state index contributed by atoms with van der Waals surface area (Å²) in [5.41, 5.74) is 0.800. The van der Waals surface area contributed by atoms with Gasteiger partial charge in [-0.2, -0.15) is 13.2 Å². The highest BCUT2D eigenvalue weighted by Gasteiger charge is 2.28. The normalized spacial score (nSPS) is 12.0. The number of aromatic nitrogens is 1. The fourth-order valence-electron chi connectivity index (χ4n) is 1.64. The molecular formula is C14H12ClF3N2O3S. The van der Waals surface area contributed by atoms with Gasteiger partial charge in [-0.25, -0.2) is 13.4 Å². The van der Waals surface area contributed by atoms with E-state index in [9.17, 15) is 21.6 Å². The Balaban J connectivity index is 2.11. The van der Waals surface area contributed by atoms with Crippen LogP contribution in [0.15, 0.2) is 41.4 Å². The van der Waals surface area contributed by atoms with Crippen molar-refractivity contribution in [3.05, 3.63) is 47.1 Å². The number of hydrogen-bond donors (Lipinski definition) is 1. The van der Waals surface area contributed by atoms with Crippen LogP contribution >= 0.6 is 11.6 Å². The number of ether oxygens (including phenoxy) is 1. The lowest BCUT2D eigenvalue weighted by molar-refractivity contribution is -0.154. The second-order valence-corrected chi connectivity index (χ2v) is 6.90. The SMILES string of the molecule is Cc1ccc(S(=O)(=O)Nc2ccc(OCC(F)(F)F)nc2)cc1Cl. The minimum absolute atomic E-state index is 0.0458. The first-order valence-electron chi connectivity index (χ1n) is 6.51. The molecule has 0 aliphatic heterocycles. The summed E-state index contributed by atoms with van der Waals surface area (Å²) < 4.78 is 67.3. The average molecular weight is 381 g/mol. The molecule has 0 radical (unpaired) electrons. The van der Waals surface area contributed by atoms with Crippen molar-refractivity contribution in [3.63, 3.8) is 0 Å². The number of anilines is 1. The van der Waals surface area contributed by atoms with Gasteiger partial charge in [-0.15, -0.1) is 0 Å². The Morgan fingerprint density at radius 3 is 2.50 bits per heavy atom. The molecule has 0 spiro atoms. The van der Waals surface area contributed by atoms with Crippen molar-refractivity contribution in [2.75, 3.05) is 11.3 Å². The summed E-state index contributed by atoms with van der Waals surface area (Å²) in [5.74, 6) is -0.270. The molecule has 2 rings (SSSR count). The third kappa shape index (κ3) is 5.00. The Labute approximate surface area is 141 Å². The van der Waals surface area contributed by atoms with E-state index in [0.29, 0.717) is 5.02 Å². The number of sulfonamides is 1. The van der Waals surface area contributed by atoms with Gasteiger partial charge in [0, 0.05) is 11.1 Å². The highest BCUT2D eigenvalue weighted by Crippen LogP contribution is 2.23. The molecule has 1 aromatic carbocycles. The molecule has 0 aliphatic carbocycles. The molecule has 5 nitrogen and oxygen atoms in total. The summed E-state index contributed by atoms with van der Waals surface area (Å²) in [6.45, 7) is 0.253. The third-order valence-corrected chi connectivity index (χ3v) is 4.61. The minimum Gasteiger partial charge on any atom is -0.468 e. The molecule has 1 N–H and O–H groups in total. The van der Waals surface area contributed by atoms with E-state index in [4.69, 9.17) is 11.6 Å². The van der Waals surface area contributed by atoms with Gasteiger partial charge >= 0.3 is 6.18 Å². The topological polar surface area (TPSA) is 68.3 Å². The quantitative estimate of drug-likeness (QED) is 0.857. The first kappa shape index (κ1) is 18.3. The number of nitrogens with one attached hydrogen (secondary N) is 1. The van der Waals surface area contributed by atoms with E-state index in [1.165, 1.54) is 18.2 Å². The molecule has 0 unspecified atom stereocenters. The molecule has 130 valence electrons. The molecule has 10 heteroatoms. The lowest BCUT2D eigenvalue weighted by atomic mass is 10.2. The predicted molar refractivity (Wildman–Crippen MR) is 82.8 cm³/mol. The zero-order valence-electron chi connectivity index (χ0n) is 12.3. The Bertz CT molecular complexity index is 824. The van der Waals surface area contributed by atoms with Gasteiger partial charge in [0.15, 0.2) is 6.61 Å². The highest BCUT2D eigenvalue weighted by molar-refractivity contribution is 7.92. The lowest BCUT2D eigenvalue weighted by Gasteiger charge is -2.10. The van der Waals surface area contributed by atoms with E-state index in [0.717, 1.165) is 17.8 Å². The van der Waals surface area contributed by atoms with Gasteiger partial charge in [0.25, 0.3) is 10.0 Å². The van der Waals surface area contributed by atoms with Crippen LogP contribution in [0.1, 0.15) is 5.56 Å². The van der Waals surface area contributed by atoms with Crippen molar-refractivity contribution in [1.29, 1.82) is 0 Å². The fraction of sp³-hybridized carbons (Fsp3) is 0.214.